The third kappa shape index (κ3) is 8.62. The van der Waals surface area contributed by atoms with Crippen LogP contribution in [0.1, 0.15) is 42.2 Å². The number of carbonyl (C=O) groups is 5. The Balaban J connectivity index is 1.89. The van der Waals surface area contributed by atoms with Crippen molar-refractivity contribution in [2.75, 3.05) is 20.8 Å². The van der Waals surface area contributed by atoms with Crippen molar-refractivity contribution in [3.05, 3.63) is 119 Å². The first-order chi connectivity index (χ1) is 20.3. The predicted molar refractivity (Wildman–Crippen MR) is 156 cm³/mol. The molecule has 0 fully saturated rings. The van der Waals surface area contributed by atoms with Crippen molar-refractivity contribution < 1.29 is 33.4 Å². The molecule has 0 saturated carbocycles. The first-order valence-electron chi connectivity index (χ1n) is 13.2. The summed E-state index contributed by atoms with van der Waals surface area (Å²) in [5.74, 6) is -3.30. The van der Waals surface area contributed by atoms with Crippen molar-refractivity contribution in [2.45, 2.75) is 24.9 Å². The fourth-order valence-electron chi connectivity index (χ4n) is 4.18. The summed E-state index contributed by atoms with van der Waals surface area (Å²) < 4.78 is 9.74. The lowest BCUT2D eigenvalue weighted by Crippen LogP contribution is -2.44. The fourth-order valence-corrected chi connectivity index (χ4v) is 4.18. The van der Waals surface area contributed by atoms with Crippen LogP contribution in [0.15, 0.2) is 91.5 Å². The molecular weight excluding hydrogens is 538 g/mol. The zero-order valence-corrected chi connectivity index (χ0v) is 23.4. The molecule has 3 aromatic rings. The van der Waals surface area contributed by atoms with Crippen LogP contribution in [0.25, 0.3) is 0 Å². The van der Waals surface area contributed by atoms with Crippen molar-refractivity contribution in [3.8, 4) is 0 Å². The maximum absolute atomic E-state index is 13.4. The highest BCUT2D eigenvalue weighted by Gasteiger charge is 2.27. The summed E-state index contributed by atoms with van der Waals surface area (Å²) in [5, 5.41) is 7.89. The number of hydrogen-bond donors (Lipinski definition) is 3. The molecule has 0 bridgehead atoms. The van der Waals surface area contributed by atoms with Crippen LogP contribution in [0, 0.1) is 0 Å². The standard InChI is InChI=1S/C32H33N3O7/c1-4-17-33-29(37)25-20-23(28(36)34-26(31(39)41-2)18-21-11-7-5-8-12-21)15-16-24(25)30(38)35-27(32(40)42-3)19-22-13-9-6-10-14-22/h4-16,20,26-27H,1,17-19H2,2-3H3,(H,33,37)(H,34,36)(H,35,38)/t26-,27-/m1/s1. The summed E-state index contributed by atoms with van der Waals surface area (Å²) in [6, 6.07) is 20.1. The number of esters is 2. The first-order valence-corrected chi connectivity index (χ1v) is 13.2. The van der Waals surface area contributed by atoms with Crippen LogP contribution in [0.4, 0.5) is 0 Å². The van der Waals surface area contributed by atoms with Crippen LogP contribution in [0.2, 0.25) is 0 Å². The average Bonchev–Trinajstić information content (AvgIpc) is 3.02. The number of rotatable bonds is 13. The summed E-state index contributed by atoms with van der Waals surface area (Å²) in [7, 11) is 2.44. The lowest BCUT2D eigenvalue weighted by molar-refractivity contribution is -0.143. The summed E-state index contributed by atoms with van der Waals surface area (Å²) in [4.78, 5) is 64.6. The van der Waals surface area contributed by atoms with Crippen molar-refractivity contribution in [1.29, 1.82) is 0 Å². The van der Waals surface area contributed by atoms with E-state index in [1.54, 1.807) is 0 Å². The number of ether oxygens (including phenoxy) is 2. The highest BCUT2D eigenvalue weighted by Crippen LogP contribution is 2.15. The molecule has 10 heteroatoms. The lowest BCUT2D eigenvalue weighted by atomic mass is 10.00. The van der Waals surface area contributed by atoms with E-state index in [1.807, 2.05) is 60.7 Å². The van der Waals surface area contributed by atoms with Crippen molar-refractivity contribution in [3.63, 3.8) is 0 Å². The largest absolute Gasteiger partial charge is 0.467 e. The Morgan fingerprint density at radius 2 is 1.19 bits per heavy atom. The first kappa shape index (κ1) is 31.3. The Bertz CT molecular complexity index is 1420. The number of amides is 3. The Hall–Kier alpha value is -5.25. The molecule has 10 nitrogen and oxygen atoms in total. The fraction of sp³-hybridized carbons (Fsp3) is 0.219. The third-order valence-electron chi connectivity index (χ3n) is 6.33. The molecule has 0 aliphatic rings. The highest BCUT2D eigenvalue weighted by atomic mass is 16.5. The number of nitrogens with one attached hydrogen (secondary N) is 3. The van der Waals surface area contributed by atoms with Gasteiger partial charge in [-0.25, -0.2) is 9.59 Å². The molecule has 3 N–H and O–H groups in total. The smallest absolute Gasteiger partial charge is 0.328 e. The molecule has 3 rings (SSSR count). The molecule has 3 amide bonds. The molecule has 0 heterocycles. The number of benzene rings is 3. The van der Waals surface area contributed by atoms with E-state index in [-0.39, 0.29) is 36.1 Å². The predicted octanol–water partition coefficient (Wildman–Crippen LogP) is 2.63. The molecular formula is C32H33N3O7. The number of carbonyl (C=O) groups excluding carboxylic acids is 5. The van der Waals surface area contributed by atoms with Crippen LogP contribution in [0.5, 0.6) is 0 Å². The van der Waals surface area contributed by atoms with E-state index in [2.05, 4.69) is 22.5 Å². The van der Waals surface area contributed by atoms with E-state index in [4.69, 9.17) is 9.47 Å². The normalized spacial score (nSPS) is 11.8. The van der Waals surface area contributed by atoms with E-state index in [0.717, 1.165) is 11.1 Å². The maximum atomic E-state index is 13.4. The van der Waals surface area contributed by atoms with Crippen LogP contribution in [-0.4, -0.2) is 62.5 Å². The van der Waals surface area contributed by atoms with Crippen LogP contribution >= 0.6 is 0 Å². The molecule has 0 spiro atoms. The van der Waals surface area contributed by atoms with Crippen molar-refractivity contribution in [1.82, 2.24) is 16.0 Å². The van der Waals surface area contributed by atoms with E-state index in [1.165, 1.54) is 38.5 Å². The quantitative estimate of drug-likeness (QED) is 0.212. The summed E-state index contributed by atoms with van der Waals surface area (Å²) in [6.45, 7) is 3.68. The number of hydrogen-bond acceptors (Lipinski definition) is 7. The molecule has 0 aliphatic heterocycles. The Labute approximate surface area is 244 Å². The van der Waals surface area contributed by atoms with Crippen molar-refractivity contribution >= 4 is 29.7 Å². The highest BCUT2D eigenvalue weighted by molar-refractivity contribution is 6.10. The molecule has 0 aliphatic carbocycles. The van der Waals surface area contributed by atoms with Gasteiger partial charge in [-0.2, -0.15) is 0 Å². The molecule has 0 aromatic heterocycles. The van der Waals surface area contributed by atoms with Gasteiger partial charge in [0, 0.05) is 24.9 Å². The maximum Gasteiger partial charge on any atom is 0.328 e. The van der Waals surface area contributed by atoms with Gasteiger partial charge in [0.2, 0.25) is 0 Å². The second kappa shape index (κ2) is 15.5. The SMILES string of the molecule is C=CCNC(=O)c1cc(C(=O)N[C@H](Cc2ccccc2)C(=O)OC)ccc1C(=O)N[C@H](Cc1ccccc1)C(=O)OC. The van der Waals surface area contributed by atoms with Gasteiger partial charge in [0.15, 0.2) is 0 Å². The van der Waals surface area contributed by atoms with Gasteiger partial charge in [0.25, 0.3) is 17.7 Å². The summed E-state index contributed by atoms with van der Waals surface area (Å²) >= 11 is 0. The second-order valence-corrected chi connectivity index (χ2v) is 9.24. The van der Waals surface area contributed by atoms with Gasteiger partial charge in [-0.1, -0.05) is 66.7 Å². The minimum atomic E-state index is -1.03. The van der Waals surface area contributed by atoms with E-state index in [9.17, 15) is 24.0 Å². The average molecular weight is 572 g/mol. The van der Waals surface area contributed by atoms with Gasteiger partial charge in [-0.3, -0.25) is 14.4 Å². The van der Waals surface area contributed by atoms with Gasteiger partial charge in [-0.15, -0.1) is 6.58 Å². The molecule has 0 saturated heterocycles. The van der Waals surface area contributed by atoms with Gasteiger partial charge < -0.3 is 25.4 Å². The van der Waals surface area contributed by atoms with Gasteiger partial charge in [0.1, 0.15) is 12.1 Å². The molecule has 42 heavy (non-hydrogen) atoms. The van der Waals surface area contributed by atoms with E-state index >= 15 is 0 Å². The van der Waals surface area contributed by atoms with Crippen molar-refractivity contribution in [2.24, 2.45) is 0 Å². The van der Waals surface area contributed by atoms with Crippen LogP contribution in [-0.2, 0) is 31.9 Å². The Morgan fingerprint density at radius 1 is 0.690 bits per heavy atom. The lowest BCUT2D eigenvalue weighted by Gasteiger charge is -2.19. The molecule has 2 atom stereocenters. The van der Waals surface area contributed by atoms with Crippen LogP contribution < -0.4 is 16.0 Å². The Morgan fingerprint density at radius 3 is 1.67 bits per heavy atom. The molecule has 218 valence electrons. The Kier molecular flexibility index (Phi) is 11.6. The minimum Gasteiger partial charge on any atom is -0.467 e. The van der Waals surface area contributed by atoms with E-state index < -0.39 is 41.7 Å². The van der Waals surface area contributed by atoms with Gasteiger partial charge in [0.05, 0.1) is 25.3 Å². The monoisotopic (exact) mass is 571 g/mol. The topological polar surface area (TPSA) is 140 Å². The number of methoxy groups -OCH3 is 2. The van der Waals surface area contributed by atoms with E-state index in [0.29, 0.717) is 0 Å². The molecule has 3 aromatic carbocycles. The van der Waals surface area contributed by atoms with Crippen LogP contribution in [0.3, 0.4) is 0 Å². The second-order valence-electron chi connectivity index (χ2n) is 9.24. The zero-order valence-electron chi connectivity index (χ0n) is 23.4. The zero-order chi connectivity index (χ0) is 30.5. The molecule has 0 radical (unpaired) electrons. The molecule has 0 unspecified atom stereocenters. The van der Waals surface area contributed by atoms with Gasteiger partial charge in [-0.05, 0) is 29.3 Å². The summed E-state index contributed by atoms with van der Waals surface area (Å²) in [5.41, 5.74) is 1.46. The van der Waals surface area contributed by atoms with Gasteiger partial charge >= 0.3 is 11.9 Å². The summed E-state index contributed by atoms with van der Waals surface area (Å²) in [6.07, 6.45) is 1.81. The third-order valence-corrected chi connectivity index (χ3v) is 6.33. The minimum absolute atomic E-state index is 0.0334.